The second-order valence-corrected chi connectivity index (χ2v) is 8.46. The number of halogens is 1. The molecule has 0 unspecified atom stereocenters. The monoisotopic (exact) mass is 342 g/mol. The van der Waals surface area contributed by atoms with Gasteiger partial charge < -0.3 is 0 Å². The molecule has 1 heteroatoms. The molecule has 0 aliphatic heterocycles. The molecule has 0 heterocycles. The van der Waals surface area contributed by atoms with E-state index in [2.05, 4.69) is 19.1 Å². The molecule has 0 saturated heterocycles. The normalized spacial score (nSPS) is 30.6. The van der Waals surface area contributed by atoms with Crippen LogP contribution in [-0.2, 0) is 0 Å². The molecule has 0 N–H and O–H groups in total. The van der Waals surface area contributed by atoms with Crippen LogP contribution in [-0.4, -0.2) is 0 Å². The van der Waals surface area contributed by atoms with E-state index in [9.17, 15) is 4.39 Å². The topological polar surface area (TPSA) is 0 Å². The van der Waals surface area contributed by atoms with E-state index in [1.165, 1.54) is 76.2 Å². The first-order valence-electron chi connectivity index (χ1n) is 10.7. The summed E-state index contributed by atoms with van der Waals surface area (Å²) in [5.74, 6) is 3.29. The summed E-state index contributed by atoms with van der Waals surface area (Å²) in [4.78, 5) is 0. The lowest BCUT2D eigenvalue weighted by atomic mass is 9.78. The maximum Gasteiger partial charge on any atom is 0.123 e. The summed E-state index contributed by atoms with van der Waals surface area (Å²) < 4.78 is 13.1. The van der Waals surface area contributed by atoms with Crippen LogP contribution in [0.15, 0.2) is 36.4 Å². The van der Waals surface area contributed by atoms with Crippen molar-refractivity contribution in [1.29, 1.82) is 0 Å². The lowest BCUT2D eigenvalue weighted by molar-refractivity contribution is 0.259. The van der Waals surface area contributed by atoms with Gasteiger partial charge >= 0.3 is 0 Å². The lowest BCUT2D eigenvalue weighted by Gasteiger charge is -2.28. The first-order chi connectivity index (χ1) is 12.2. The molecule has 2 aliphatic rings. The van der Waals surface area contributed by atoms with Crippen LogP contribution in [0.5, 0.6) is 0 Å². The number of benzene rings is 1. The van der Waals surface area contributed by atoms with Gasteiger partial charge in [-0.15, -0.1) is 0 Å². The summed E-state index contributed by atoms with van der Waals surface area (Å²) in [6, 6.07) is 7.16. The Labute approximate surface area is 153 Å². The lowest BCUT2D eigenvalue weighted by Crippen LogP contribution is -2.13. The Kier molecular flexibility index (Phi) is 7.13. The van der Waals surface area contributed by atoms with Gasteiger partial charge in [0.25, 0.3) is 0 Å². The molecule has 0 bridgehead atoms. The Balaban J connectivity index is 1.33. The summed E-state index contributed by atoms with van der Waals surface area (Å²) in [6.45, 7) is 2.35. The fraction of sp³-hybridized carbons (Fsp3) is 0.667. The van der Waals surface area contributed by atoms with Gasteiger partial charge in [0.05, 0.1) is 0 Å². The quantitative estimate of drug-likeness (QED) is 0.466. The maximum atomic E-state index is 13.1. The predicted molar refractivity (Wildman–Crippen MR) is 105 cm³/mol. The first kappa shape index (κ1) is 18.7. The van der Waals surface area contributed by atoms with Crippen LogP contribution in [0.2, 0.25) is 0 Å². The molecule has 0 spiro atoms. The number of rotatable bonds is 6. The number of allylic oxidation sites excluding steroid dienone is 2. The van der Waals surface area contributed by atoms with Crippen molar-refractivity contribution in [2.45, 2.75) is 83.5 Å². The third-order valence-electron chi connectivity index (χ3n) is 6.81. The van der Waals surface area contributed by atoms with Gasteiger partial charge in [-0.1, -0.05) is 63.3 Å². The summed E-state index contributed by atoms with van der Waals surface area (Å²) in [6.07, 6.45) is 20.0. The van der Waals surface area contributed by atoms with Crippen molar-refractivity contribution in [2.24, 2.45) is 17.8 Å². The van der Waals surface area contributed by atoms with Crippen molar-refractivity contribution in [3.05, 3.63) is 47.8 Å². The van der Waals surface area contributed by atoms with Gasteiger partial charge in [0.15, 0.2) is 0 Å². The maximum absolute atomic E-state index is 13.1. The Hall–Kier alpha value is -1.11. The largest absolute Gasteiger partial charge is 0.207 e. The van der Waals surface area contributed by atoms with Crippen molar-refractivity contribution >= 4 is 0 Å². The van der Waals surface area contributed by atoms with E-state index in [4.69, 9.17) is 0 Å². The summed E-state index contributed by atoms with van der Waals surface area (Å²) in [5.41, 5.74) is 1.33. The Morgan fingerprint density at radius 3 is 2.16 bits per heavy atom. The molecular formula is C24H35F. The van der Waals surface area contributed by atoms with Gasteiger partial charge in [0.2, 0.25) is 0 Å². The highest BCUT2D eigenvalue weighted by atomic mass is 19.1. The average Bonchev–Trinajstić information content (AvgIpc) is 2.67. The van der Waals surface area contributed by atoms with E-state index in [1.807, 2.05) is 12.1 Å². The van der Waals surface area contributed by atoms with Crippen molar-refractivity contribution in [3.8, 4) is 0 Å². The summed E-state index contributed by atoms with van der Waals surface area (Å²) in [7, 11) is 0. The molecular weight excluding hydrogens is 307 g/mol. The highest BCUT2D eigenvalue weighted by Gasteiger charge is 2.21. The Bertz CT molecular complexity index is 514. The number of hydrogen-bond donors (Lipinski definition) is 0. The van der Waals surface area contributed by atoms with Crippen LogP contribution in [0.1, 0.15) is 89.0 Å². The van der Waals surface area contributed by atoms with Crippen LogP contribution < -0.4 is 0 Å². The van der Waals surface area contributed by atoms with E-state index >= 15 is 0 Å². The van der Waals surface area contributed by atoms with Crippen molar-refractivity contribution in [3.63, 3.8) is 0 Å². The van der Waals surface area contributed by atoms with Crippen LogP contribution in [0.25, 0.3) is 0 Å². The van der Waals surface area contributed by atoms with Crippen molar-refractivity contribution in [2.75, 3.05) is 0 Å². The molecule has 0 radical (unpaired) electrons. The summed E-state index contributed by atoms with van der Waals surface area (Å²) in [5, 5.41) is 0. The second-order valence-electron chi connectivity index (χ2n) is 8.46. The van der Waals surface area contributed by atoms with Crippen LogP contribution >= 0.6 is 0 Å². The minimum atomic E-state index is -0.122. The average molecular weight is 343 g/mol. The summed E-state index contributed by atoms with van der Waals surface area (Å²) >= 11 is 0. The zero-order valence-corrected chi connectivity index (χ0v) is 15.9. The van der Waals surface area contributed by atoms with Crippen LogP contribution in [0.3, 0.4) is 0 Å². The van der Waals surface area contributed by atoms with E-state index in [0.717, 1.165) is 17.8 Å². The third-order valence-corrected chi connectivity index (χ3v) is 6.81. The first-order valence-corrected chi connectivity index (χ1v) is 10.7. The van der Waals surface area contributed by atoms with E-state index in [1.54, 1.807) is 12.1 Å². The standard InChI is InChI=1S/C24H35F/c1-2-19-7-9-20(10-8-19)5-3-4-6-21-11-13-22(14-12-21)23-15-17-24(25)18-16-23/h4,6,15-22H,2-3,5,7-14H2,1H3/b6-4+. The van der Waals surface area contributed by atoms with Gasteiger partial charge in [-0.05, 0) is 79.9 Å². The molecule has 25 heavy (non-hydrogen) atoms. The Morgan fingerprint density at radius 1 is 0.880 bits per heavy atom. The van der Waals surface area contributed by atoms with Crippen molar-refractivity contribution < 1.29 is 4.39 Å². The van der Waals surface area contributed by atoms with Crippen LogP contribution in [0, 0.1) is 23.6 Å². The molecule has 2 aliphatic carbocycles. The SMILES string of the molecule is CCC1CCC(CC/C=C/C2CCC(c3ccc(F)cc3)CC2)CC1. The molecule has 138 valence electrons. The predicted octanol–water partition coefficient (Wildman–Crippen LogP) is 7.65. The van der Waals surface area contributed by atoms with Gasteiger partial charge in [-0.3, -0.25) is 0 Å². The molecule has 2 fully saturated rings. The highest BCUT2D eigenvalue weighted by molar-refractivity contribution is 5.21. The molecule has 2 saturated carbocycles. The fourth-order valence-electron chi connectivity index (χ4n) is 4.93. The molecule has 1 aromatic carbocycles. The fourth-order valence-corrected chi connectivity index (χ4v) is 4.93. The molecule has 1 aromatic rings. The zero-order valence-electron chi connectivity index (χ0n) is 15.9. The third kappa shape index (κ3) is 5.69. The minimum Gasteiger partial charge on any atom is -0.207 e. The molecule has 0 amide bonds. The van der Waals surface area contributed by atoms with E-state index < -0.39 is 0 Å². The van der Waals surface area contributed by atoms with Gasteiger partial charge in [0, 0.05) is 0 Å². The number of hydrogen-bond acceptors (Lipinski definition) is 0. The smallest absolute Gasteiger partial charge is 0.123 e. The van der Waals surface area contributed by atoms with E-state index in [-0.39, 0.29) is 5.82 Å². The second kappa shape index (κ2) is 9.55. The molecule has 0 atom stereocenters. The zero-order chi connectivity index (χ0) is 17.5. The van der Waals surface area contributed by atoms with E-state index in [0.29, 0.717) is 5.92 Å². The minimum absolute atomic E-state index is 0.122. The van der Waals surface area contributed by atoms with Gasteiger partial charge in [-0.25, -0.2) is 4.39 Å². The Morgan fingerprint density at radius 2 is 1.52 bits per heavy atom. The van der Waals surface area contributed by atoms with Gasteiger partial charge in [-0.2, -0.15) is 0 Å². The van der Waals surface area contributed by atoms with Crippen molar-refractivity contribution in [1.82, 2.24) is 0 Å². The molecule has 3 rings (SSSR count). The van der Waals surface area contributed by atoms with Crippen LogP contribution in [0.4, 0.5) is 4.39 Å². The molecule has 0 aromatic heterocycles. The molecule has 0 nitrogen and oxygen atoms in total. The highest BCUT2D eigenvalue weighted by Crippen LogP contribution is 2.37. The van der Waals surface area contributed by atoms with Gasteiger partial charge in [0.1, 0.15) is 5.82 Å².